The van der Waals surface area contributed by atoms with Crippen molar-refractivity contribution in [2.45, 2.75) is 12.3 Å². The molecule has 1 aliphatic heterocycles. The molecule has 0 spiro atoms. The highest BCUT2D eigenvalue weighted by Gasteiger charge is 2.34. The minimum absolute atomic E-state index is 0.127. The fraction of sp³-hybridized carbons (Fsp3) is 0.353. The summed E-state index contributed by atoms with van der Waals surface area (Å²) in [7, 11) is 1.64. The number of aryl methyl sites for hydroxylation is 1. The molecule has 1 amide bonds. The minimum atomic E-state index is 0.127. The summed E-state index contributed by atoms with van der Waals surface area (Å²) >= 11 is 3.41. The molecule has 6 heteroatoms. The minimum Gasteiger partial charge on any atom is -0.497 e. The van der Waals surface area contributed by atoms with Crippen LogP contribution in [0.4, 0.5) is 0 Å². The number of thioether (sulfide) groups is 1. The highest BCUT2D eigenvalue weighted by molar-refractivity contribution is 8.00. The molecule has 0 bridgehead atoms. The third kappa shape index (κ3) is 3.64. The summed E-state index contributed by atoms with van der Waals surface area (Å²) in [5, 5.41) is 2.21. The Morgan fingerprint density at radius 3 is 2.61 bits per heavy atom. The summed E-state index contributed by atoms with van der Waals surface area (Å²) in [6.45, 7) is 3.18. The van der Waals surface area contributed by atoms with Gasteiger partial charge in [0.2, 0.25) is 5.91 Å². The lowest BCUT2D eigenvalue weighted by Gasteiger charge is -2.23. The van der Waals surface area contributed by atoms with E-state index in [4.69, 9.17) is 9.47 Å². The van der Waals surface area contributed by atoms with E-state index in [9.17, 15) is 4.79 Å². The van der Waals surface area contributed by atoms with Gasteiger partial charge in [-0.2, -0.15) is 0 Å². The van der Waals surface area contributed by atoms with Gasteiger partial charge in [0.15, 0.2) is 0 Å². The molecule has 1 aromatic heterocycles. The van der Waals surface area contributed by atoms with Crippen LogP contribution in [-0.2, 0) is 4.79 Å². The number of rotatable bonds is 6. The average molecular weight is 349 g/mol. The van der Waals surface area contributed by atoms with E-state index in [2.05, 4.69) is 18.4 Å². The van der Waals surface area contributed by atoms with Gasteiger partial charge in [-0.25, -0.2) is 0 Å². The number of carbonyl (C=O) groups excluding carboxylic acids is 1. The van der Waals surface area contributed by atoms with Crippen LogP contribution in [-0.4, -0.2) is 36.8 Å². The first-order valence-electron chi connectivity index (χ1n) is 7.41. The van der Waals surface area contributed by atoms with Gasteiger partial charge in [0.25, 0.3) is 0 Å². The molecular weight excluding hydrogens is 330 g/mol. The topological polar surface area (TPSA) is 38.8 Å². The molecule has 1 fully saturated rings. The first-order chi connectivity index (χ1) is 11.2. The predicted octanol–water partition coefficient (Wildman–Crippen LogP) is 3.72. The summed E-state index contributed by atoms with van der Waals surface area (Å²) in [6, 6.07) is 9.59. The number of nitrogens with zero attached hydrogens (tertiary/aromatic N) is 1. The van der Waals surface area contributed by atoms with Gasteiger partial charge in [-0.3, -0.25) is 4.79 Å². The van der Waals surface area contributed by atoms with E-state index in [1.807, 2.05) is 29.2 Å². The Labute approximate surface area is 144 Å². The smallest absolute Gasteiger partial charge is 0.233 e. The Kier molecular flexibility index (Phi) is 5.13. The number of ether oxygens (including phenoxy) is 2. The number of carbonyl (C=O) groups is 1. The summed E-state index contributed by atoms with van der Waals surface area (Å²) in [5.74, 6) is 2.32. The monoisotopic (exact) mass is 349 g/mol. The second kappa shape index (κ2) is 7.27. The molecule has 0 aliphatic carbocycles. The lowest BCUT2D eigenvalue weighted by atomic mass is 10.2. The van der Waals surface area contributed by atoms with Crippen LogP contribution in [0.15, 0.2) is 35.7 Å². The van der Waals surface area contributed by atoms with Crippen molar-refractivity contribution in [1.82, 2.24) is 4.90 Å². The summed E-state index contributed by atoms with van der Waals surface area (Å²) in [6.07, 6.45) is 0. The van der Waals surface area contributed by atoms with Crippen molar-refractivity contribution in [1.29, 1.82) is 0 Å². The van der Waals surface area contributed by atoms with Crippen molar-refractivity contribution < 1.29 is 14.3 Å². The number of methoxy groups -OCH3 is 1. The molecule has 2 aromatic rings. The number of benzene rings is 1. The Morgan fingerprint density at radius 1 is 1.22 bits per heavy atom. The highest BCUT2D eigenvalue weighted by atomic mass is 32.2. The number of hydrogen-bond acceptors (Lipinski definition) is 5. The molecule has 122 valence electrons. The second-order valence-corrected chi connectivity index (χ2v) is 7.26. The van der Waals surface area contributed by atoms with Crippen molar-refractivity contribution in [3.63, 3.8) is 0 Å². The van der Waals surface area contributed by atoms with Crippen LogP contribution in [0.5, 0.6) is 11.5 Å². The first-order valence-corrected chi connectivity index (χ1v) is 9.34. The van der Waals surface area contributed by atoms with E-state index in [0.29, 0.717) is 18.9 Å². The first kappa shape index (κ1) is 16.2. The number of thiophene rings is 1. The molecule has 4 nitrogen and oxygen atoms in total. The third-order valence-corrected chi connectivity index (χ3v) is 6.19. The third-order valence-electron chi connectivity index (χ3n) is 3.75. The molecular formula is C17H19NO3S2. The molecule has 23 heavy (non-hydrogen) atoms. The lowest BCUT2D eigenvalue weighted by molar-refractivity contribution is -0.128. The molecule has 1 saturated heterocycles. The quantitative estimate of drug-likeness (QED) is 0.797. The zero-order valence-electron chi connectivity index (χ0n) is 13.2. The molecule has 3 rings (SSSR count). The highest BCUT2D eigenvalue weighted by Crippen LogP contribution is 2.41. The molecule has 0 N–H and O–H groups in total. The van der Waals surface area contributed by atoms with Crippen molar-refractivity contribution in [2.24, 2.45) is 0 Å². The average Bonchev–Trinajstić information content (AvgIpc) is 3.14. The van der Waals surface area contributed by atoms with E-state index in [1.165, 1.54) is 10.4 Å². The molecule has 1 unspecified atom stereocenters. The standard InChI is InChI=1S/C17H19NO3S2/c1-12-7-10-22-16(12)17-18(15(19)11-23-17)8-9-21-14-5-3-13(20-2)4-6-14/h3-7,10,17H,8-9,11H2,1-2H3. The zero-order chi connectivity index (χ0) is 16.2. The molecule has 2 heterocycles. The Morgan fingerprint density at radius 2 is 1.96 bits per heavy atom. The van der Waals surface area contributed by atoms with E-state index >= 15 is 0 Å². The van der Waals surface area contributed by atoms with Crippen molar-refractivity contribution in [2.75, 3.05) is 26.0 Å². The second-order valence-electron chi connectivity index (χ2n) is 5.24. The molecule has 0 saturated carbocycles. The van der Waals surface area contributed by atoms with Gasteiger partial charge >= 0.3 is 0 Å². The van der Waals surface area contributed by atoms with Gasteiger partial charge < -0.3 is 14.4 Å². The number of amides is 1. The maximum Gasteiger partial charge on any atom is 0.233 e. The lowest BCUT2D eigenvalue weighted by Crippen LogP contribution is -2.32. The van der Waals surface area contributed by atoms with Gasteiger partial charge in [0.1, 0.15) is 23.5 Å². The fourth-order valence-corrected chi connectivity index (χ4v) is 4.98. The molecule has 1 aliphatic rings. The molecule has 1 aromatic carbocycles. The van der Waals surface area contributed by atoms with Gasteiger partial charge in [-0.05, 0) is 48.2 Å². The largest absolute Gasteiger partial charge is 0.497 e. The Bertz CT molecular complexity index is 669. The van der Waals surface area contributed by atoms with Crippen LogP contribution in [0, 0.1) is 6.92 Å². The zero-order valence-corrected chi connectivity index (χ0v) is 14.8. The van der Waals surface area contributed by atoms with E-state index in [0.717, 1.165) is 11.5 Å². The Hall–Kier alpha value is -1.66. The van der Waals surface area contributed by atoms with Crippen molar-refractivity contribution >= 4 is 29.0 Å². The molecule has 0 radical (unpaired) electrons. The van der Waals surface area contributed by atoms with Gasteiger partial charge in [-0.1, -0.05) is 0 Å². The van der Waals surface area contributed by atoms with Crippen molar-refractivity contribution in [3.05, 3.63) is 46.2 Å². The van der Waals surface area contributed by atoms with Crippen molar-refractivity contribution in [3.8, 4) is 11.5 Å². The van der Waals surface area contributed by atoms with E-state index < -0.39 is 0 Å². The van der Waals surface area contributed by atoms with Crippen LogP contribution < -0.4 is 9.47 Å². The summed E-state index contributed by atoms with van der Waals surface area (Å²) < 4.78 is 10.9. The van der Waals surface area contributed by atoms with E-state index in [1.54, 1.807) is 30.2 Å². The molecule has 1 atom stereocenters. The maximum atomic E-state index is 12.2. The normalized spacial score (nSPS) is 17.6. The summed E-state index contributed by atoms with van der Waals surface area (Å²) in [5.41, 5.74) is 1.25. The maximum absolute atomic E-state index is 12.2. The van der Waals surface area contributed by atoms with E-state index in [-0.39, 0.29) is 11.3 Å². The van der Waals surface area contributed by atoms with Crippen LogP contribution in [0.3, 0.4) is 0 Å². The van der Waals surface area contributed by atoms with Crippen LogP contribution in [0.25, 0.3) is 0 Å². The van der Waals surface area contributed by atoms with Crippen LogP contribution in [0.1, 0.15) is 15.8 Å². The predicted molar refractivity (Wildman–Crippen MR) is 94.5 cm³/mol. The van der Waals surface area contributed by atoms with Gasteiger partial charge in [-0.15, -0.1) is 23.1 Å². The summed E-state index contributed by atoms with van der Waals surface area (Å²) in [4.78, 5) is 15.3. The van der Waals surface area contributed by atoms with Gasteiger partial charge in [0, 0.05) is 4.88 Å². The van der Waals surface area contributed by atoms with Crippen LogP contribution >= 0.6 is 23.1 Å². The Balaban J connectivity index is 1.59. The SMILES string of the molecule is COc1ccc(OCCN2C(=O)CSC2c2sccc2C)cc1. The van der Waals surface area contributed by atoms with Crippen LogP contribution in [0.2, 0.25) is 0 Å². The number of hydrogen-bond donors (Lipinski definition) is 0. The van der Waals surface area contributed by atoms with Gasteiger partial charge in [0.05, 0.1) is 19.4 Å². The fourth-order valence-electron chi connectivity index (χ4n) is 2.48.